The van der Waals surface area contributed by atoms with E-state index in [-0.39, 0.29) is 18.9 Å². The van der Waals surface area contributed by atoms with Gasteiger partial charge in [-0.2, -0.15) is 0 Å². The second-order valence-electron chi connectivity index (χ2n) is 2.71. The van der Waals surface area contributed by atoms with E-state index in [1.165, 1.54) is 12.1 Å². The lowest BCUT2D eigenvalue weighted by Crippen LogP contribution is -2.04. The minimum Gasteiger partial charge on any atom is -0.491 e. The fourth-order valence-electron chi connectivity index (χ4n) is 0.980. The van der Waals surface area contributed by atoms with Crippen LogP contribution in [0.1, 0.15) is 5.56 Å². The summed E-state index contributed by atoms with van der Waals surface area (Å²) in [5, 5.41) is 8.51. The number of rotatable bonds is 3. The molecule has 13 heavy (non-hydrogen) atoms. The summed E-state index contributed by atoms with van der Waals surface area (Å²) in [5.74, 6) is 0.0572. The molecule has 0 unspecified atom stereocenters. The molecule has 0 aliphatic heterocycles. The largest absolute Gasteiger partial charge is 0.491 e. The van der Waals surface area contributed by atoms with Gasteiger partial charge in [0.2, 0.25) is 0 Å². The summed E-state index contributed by atoms with van der Waals surface area (Å²) in [7, 11) is 0. The third-order valence-corrected chi connectivity index (χ3v) is 1.64. The topological polar surface area (TPSA) is 55.5 Å². The Labute approximate surface area is 75.9 Å². The summed E-state index contributed by atoms with van der Waals surface area (Å²) in [4.78, 5) is 0. The van der Waals surface area contributed by atoms with E-state index >= 15 is 0 Å². The summed E-state index contributed by atoms with van der Waals surface area (Å²) >= 11 is 0. The van der Waals surface area contributed by atoms with Crippen molar-refractivity contribution in [2.45, 2.75) is 6.92 Å². The fraction of sp³-hybridized carbons (Fsp3) is 0.333. The van der Waals surface area contributed by atoms with Crippen molar-refractivity contribution in [1.82, 2.24) is 0 Å². The highest BCUT2D eigenvalue weighted by Crippen LogP contribution is 2.23. The van der Waals surface area contributed by atoms with Gasteiger partial charge >= 0.3 is 0 Å². The molecule has 0 saturated heterocycles. The van der Waals surface area contributed by atoms with Gasteiger partial charge in [0.15, 0.2) is 0 Å². The van der Waals surface area contributed by atoms with Crippen molar-refractivity contribution in [1.29, 1.82) is 0 Å². The van der Waals surface area contributed by atoms with Gasteiger partial charge in [-0.15, -0.1) is 0 Å². The summed E-state index contributed by atoms with van der Waals surface area (Å²) in [5.41, 5.74) is 6.06. The van der Waals surface area contributed by atoms with Crippen LogP contribution >= 0.6 is 0 Å². The second-order valence-corrected chi connectivity index (χ2v) is 2.71. The monoisotopic (exact) mass is 185 g/mol. The van der Waals surface area contributed by atoms with Gasteiger partial charge < -0.3 is 15.6 Å². The van der Waals surface area contributed by atoms with Crippen LogP contribution in [0, 0.1) is 12.7 Å². The Morgan fingerprint density at radius 3 is 2.85 bits per heavy atom. The van der Waals surface area contributed by atoms with Crippen molar-refractivity contribution in [2.75, 3.05) is 18.9 Å². The Morgan fingerprint density at radius 1 is 1.54 bits per heavy atom. The number of hydrogen-bond acceptors (Lipinski definition) is 3. The van der Waals surface area contributed by atoms with E-state index in [1.54, 1.807) is 6.92 Å². The van der Waals surface area contributed by atoms with Crippen molar-refractivity contribution in [3.63, 3.8) is 0 Å². The van der Waals surface area contributed by atoms with Crippen LogP contribution < -0.4 is 10.5 Å². The normalized spacial score (nSPS) is 10.1. The number of aryl methyl sites for hydroxylation is 1. The number of halogens is 1. The van der Waals surface area contributed by atoms with Crippen molar-refractivity contribution >= 4 is 5.69 Å². The second kappa shape index (κ2) is 4.09. The molecule has 1 aromatic carbocycles. The number of hydrogen-bond donors (Lipinski definition) is 2. The van der Waals surface area contributed by atoms with Crippen LogP contribution in [0.2, 0.25) is 0 Å². The zero-order valence-corrected chi connectivity index (χ0v) is 7.38. The molecule has 1 aromatic rings. The van der Waals surface area contributed by atoms with Crippen molar-refractivity contribution in [3.8, 4) is 5.75 Å². The van der Waals surface area contributed by atoms with Crippen LogP contribution in [0.25, 0.3) is 0 Å². The SMILES string of the molecule is Cc1cc(F)c(N)cc1OCCO. The van der Waals surface area contributed by atoms with Gasteiger partial charge in [-0.25, -0.2) is 4.39 Å². The maximum absolute atomic E-state index is 12.9. The number of aliphatic hydroxyl groups is 1. The zero-order chi connectivity index (χ0) is 9.84. The maximum Gasteiger partial charge on any atom is 0.146 e. The standard InChI is InChI=1S/C9H12FNO2/c1-6-4-7(10)8(11)5-9(6)13-3-2-12/h4-5,12H,2-3,11H2,1H3. The van der Waals surface area contributed by atoms with E-state index in [0.29, 0.717) is 11.3 Å². The molecular weight excluding hydrogens is 173 g/mol. The molecule has 1 rings (SSSR count). The van der Waals surface area contributed by atoms with Gasteiger partial charge in [-0.1, -0.05) is 0 Å². The summed E-state index contributed by atoms with van der Waals surface area (Å²) in [6.07, 6.45) is 0. The average Bonchev–Trinajstić information content (AvgIpc) is 2.09. The molecule has 72 valence electrons. The van der Waals surface area contributed by atoms with E-state index in [4.69, 9.17) is 15.6 Å². The number of benzene rings is 1. The highest BCUT2D eigenvalue weighted by molar-refractivity contribution is 5.49. The van der Waals surface area contributed by atoms with Gasteiger partial charge in [0.1, 0.15) is 18.2 Å². The highest BCUT2D eigenvalue weighted by Gasteiger charge is 2.04. The quantitative estimate of drug-likeness (QED) is 0.693. The summed E-state index contributed by atoms with van der Waals surface area (Å²) in [6.45, 7) is 1.83. The molecule has 3 nitrogen and oxygen atoms in total. The molecule has 0 atom stereocenters. The van der Waals surface area contributed by atoms with Gasteiger partial charge in [0, 0.05) is 6.07 Å². The average molecular weight is 185 g/mol. The molecule has 0 heterocycles. The lowest BCUT2D eigenvalue weighted by molar-refractivity contribution is 0.200. The molecule has 0 fully saturated rings. The molecular formula is C9H12FNO2. The van der Waals surface area contributed by atoms with Crippen LogP contribution in [0.4, 0.5) is 10.1 Å². The maximum atomic E-state index is 12.9. The molecule has 3 N–H and O–H groups in total. The molecule has 0 aromatic heterocycles. The van der Waals surface area contributed by atoms with Crippen LogP contribution in [-0.2, 0) is 0 Å². The number of nitrogen functional groups attached to an aromatic ring is 1. The molecule has 0 aliphatic carbocycles. The van der Waals surface area contributed by atoms with Crippen molar-refractivity contribution in [2.24, 2.45) is 0 Å². The van der Waals surface area contributed by atoms with Gasteiger partial charge in [0.25, 0.3) is 0 Å². The zero-order valence-electron chi connectivity index (χ0n) is 7.38. The molecule has 0 bridgehead atoms. The van der Waals surface area contributed by atoms with E-state index in [1.807, 2.05) is 0 Å². The summed E-state index contributed by atoms with van der Waals surface area (Å²) in [6, 6.07) is 2.72. The van der Waals surface area contributed by atoms with Crippen LogP contribution in [0.5, 0.6) is 5.75 Å². The van der Waals surface area contributed by atoms with E-state index < -0.39 is 5.82 Å². The first-order valence-electron chi connectivity index (χ1n) is 3.94. The van der Waals surface area contributed by atoms with E-state index in [2.05, 4.69) is 0 Å². The summed E-state index contributed by atoms with van der Waals surface area (Å²) < 4.78 is 18.0. The van der Waals surface area contributed by atoms with E-state index in [0.717, 1.165) is 0 Å². The van der Waals surface area contributed by atoms with Gasteiger partial charge in [-0.3, -0.25) is 0 Å². The first-order chi connectivity index (χ1) is 6.15. The minimum atomic E-state index is -0.450. The molecule has 0 radical (unpaired) electrons. The third kappa shape index (κ3) is 2.32. The van der Waals surface area contributed by atoms with Gasteiger partial charge in [-0.05, 0) is 18.6 Å². The number of anilines is 1. The van der Waals surface area contributed by atoms with Crippen LogP contribution in [0.3, 0.4) is 0 Å². The number of nitrogens with two attached hydrogens (primary N) is 1. The predicted molar refractivity (Wildman–Crippen MR) is 48.1 cm³/mol. The van der Waals surface area contributed by atoms with Gasteiger partial charge in [0.05, 0.1) is 12.3 Å². The highest BCUT2D eigenvalue weighted by atomic mass is 19.1. The predicted octanol–water partition coefficient (Wildman–Crippen LogP) is 1.09. The van der Waals surface area contributed by atoms with Crippen molar-refractivity contribution < 1.29 is 14.2 Å². The first-order valence-corrected chi connectivity index (χ1v) is 3.94. The molecule has 0 saturated carbocycles. The van der Waals surface area contributed by atoms with Crippen LogP contribution in [-0.4, -0.2) is 18.3 Å². The molecule has 4 heteroatoms. The lowest BCUT2D eigenvalue weighted by Gasteiger charge is -2.08. The van der Waals surface area contributed by atoms with Crippen LogP contribution in [0.15, 0.2) is 12.1 Å². The Kier molecular flexibility index (Phi) is 3.08. The molecule has 0 aliphatic rings. The Bertz CT molecular complexity index is 302. The molecule has 0 spiro atoms. The number of ether oxygens (including phenoxy) is 1. The fourth-order valence-corrected chi connectivity index (χ4v) is 0.980. The first kappa shape index (κ1) is 9.80. The smallest absolute Gasteiger partial charge is 0.146 e. The molecule has 0 amide bonds. The Morgan fingerprint density at radius 2 is 2.23 bits per heavy atom. The van der Waals surface area contributed by atoms with E-state index in [9.17, 15) is 4.39 Å². The Balaban J connectivity index is 2.88. The number of aliphatic hydroxyl groups excluding tert-OH is 1. The lowest BCUT2D eigenvalue weighted by atomic mass is 10.2. The third-order valence-electron chi connectivity index (χ3n) is 1.64. The van der Waals surface area contributed by atoms with Crippen molar-refractivity contribution in [3.05, 3.63) is 23.5 Å². The Hall–Kier alpha value is -1.29. The minimum absolute atomic E-state index is 0.0542.